The van der Waals surface area contributed by atoms with Crippen molar-refractivity contribution in [3.63, 3.8) is 0 Å². The minimum absolute atomic E-state index is 0.461. The number of nitrogens with zero attached hydrogens (tertiary/aromatic N) is 2. The third kappa shape index (κ3) is 2.29. The second kappa shape index (κ2) is 5.57. The summed E-state index contributed by atoms with van der Waals surface area (Å²) in [7, 11) is 0. The normalized spacial score (nSPS) is 26.7. The van der Waals surface area contributed by atoms with Crippen LogP contribution in [-0.4, -0.2) is 9.55 Å². The Morgan fingerprint density at radius 2 is 2.23 bits per heavy atom. The van der Waals surface area contributed by atoms with Crippen LogP contribution < -0.4 is 0 Å². The van der Waals surface area contributed by atoms with Crippen molar-refractivity contribution in [3.8, 4) is 0 Å². The van der Waals surface area contributed by atoms with Gasteiger partial charge in [0.2, 0.25) is 0 Å². The minimum atomic E-state index is 0.461. The molecule has 0 spiro atoms. The summed E-state index contributed by atoms with van der Waals surface area (Å²) in [5.74, 6) is 0.751. The monoisotopic (exact) mass is 294 g/mol. The molecule has 2 aliphatic carbocycles. The highest BCUT2D eigenvalue weighted by Crippen LogP contribution is 2.50. The molecule has 0 saturated heterocycles. The largest absolute Gasteiger partial charge is 0.337 e. The van der Waals surface area contributed by atoms with Crippen molar-refractivity contribution in [1.82, 2.24) is 9.55 Å². The summed E-state index contributed by atoms with van der Waals surface area (Å²) < 4.78 is 2.27. The summed E-state index contributed by atoms with van der Waals surface area (Å²) in [4.78, 5) is 4.21. The van der Waals surface area contributed by atoms with E-state index in [1.807, 2.05) is 12.5 Å². The van der Waals surface area contributed by atoms with E-state index in [0.717, 1.165) is 12.5 Å². The topological polar surface area (TPSA) is 17.8 Å². The van der Waals surface area contributed by atoms with Crippen LogP contribution >= 0.6 is 0 Å². The molecule has 1 heterocycles. The number of benzene rings is 1. The standard InChI is InChI=1S/C20H26N2/c1-2-8-20-9-4-7-17-5-3-6-18(19(17)20)12-16(13-20)14-22-11-10-21-15-22/h3,5-6,10-11,15-16H,2,4,7-9,12-14H2,1H3/t16-,20-/m1/s1. The Balaban J connectivity index is 1.72. The van der Waals surface area contributed by atoms with E-state index in [0.29, 0.717) is 5.41 Å². The van der Waals surface area contributed by atoms with E-state index in [1.165, 1.54) is 44.9 Å². The quantitative estimate of drug-likeness (QED) is 0.810. The summed E-state index contributed by atoms with van der Waals surface area (Å²) in [6, 6.07) is 7.07. The molecule has 0 saturated carbocycles. The maximum Gasteiger partial charge on any atom is 0.0945 e. The van der Waals surface area contributed by atoms with Crippen molar-refractivity contribution >= 4 is 0 Å². The van der Waals surface area contributed by atoms with Crippen molar-refractivity contribution in [3.05, 3.63) is 53.6 Å². The summed E-state index contributed by atoms with van der Waals surface area (Å²) in [5, 5.41) is 0. The van der Waals surface area contributed by atoms with Crippen molar-refractivity contribution in [2.45, 2.75) is 63.8 Å². The fourth-order valence-electron chi connectivity index (χ4n) is 5.25. The molecule has 2 heteroatoms. The molecule has 0 unspecified atom stereocenters. The lowest BCUT2D eigenvalue weighted by Crippen LogP contribution is -2.39. The molecule has 0 bridgehead atoms. The minimum Gasteiger partial charge on any atom is -0.337 e. The summed E-state index contributed by atoms with van der Waals surface area (Å²) in [6.45, 7) is 3.47. The average Bonchev–Trinajstić information content (AvgIpc) is 3.00. The van der Waals surface area contributed by atoms with Gasteiger partial charge < -0.3 is 4.57 Å². The Bertz CT molecular complexity index is 644. The fourth-order valence-corrected chi connectivity index (χ4v) is 5.25. The molecule has 22 heavy (non-hydrogen) atoms. The molecular weight excluding hydrogens is 268 g/mol. The van der Waals surface area contributed by atoms with Crippen molar-refractivity contribution in [1.29, 1.82) is 0 Å². The van der Waals surface area contributed by atoms with Gasteiger partial charge in [-0.3, -0.25) is 0 Å². The van der Waals surface area contributed by atoms with E-state index < -0.39 is 0 Å². The van der Waals surface area contributed by atoms with Gasteiger partial charge in [-0.25, -0.2) is 4.98 Å². The lowest BCUT2D eigenvalue weighted by Gasteiger charge is -2.47. The zero-order valence-corrected chi connectivity index (χ0v) is 13.6. The SMILES string of the molecule is CCC[C@]12CCCc3cccc(c31)C[C@@H](Cn1ccnc1)C2. The first kappa shape index (κ1) is 14.0. The third-order valence-electron chi connectivity index (χ3n) is 5.81. The maximum absolute atomic E-state index is 4.21. The maximum atomic E-state index is 4.21. The van der Waals surface area contributed by atoms with Gasteiger partial charge in [0.05, 0.1) is 6.33 Å². The van der Waals surface area contributed by atoms with E-state index in [4.69, 9.17) is 0 Å². The van der Waals surface area contributed by atoms with E-state index in [1.54, 1.807) is 16.7 Å². The van der Waals surface area contributed by atoms with E-state index in [-0.39, 0.29) is 0 Å². The van der Waals surface area contributed by atoms with Crippen molar-refractivity contribution in [2.24, 2.45) is 5.92 Å². The zero-order chi connectivity index (χ0) is 15.0. The van der Waals surface area contributed by atoms with Gasteiger partial charge in [0.1, 0.15) is 0 Å². The molecule has 2 aliphatic rings. The van der Waals surface area contributed by atoms with Gasteiger partial charge in [-0.15, -0.1) is 0 Å². The van der Waals surface area contributed by atoms with Crippen LogP contribution in [0, 0.1) is 5.92 Å². The molecule has 0 aliphatic heterocycles. The number of hydrogen-bond acceptors (Lipinski definition) is 1. The Hall–Kier alpha value is -1.57. The summed E-state index contributed by atoms with van der Waals surface area (Å²) >= 11 is 0. The van der Waals surface area contributed by atoms with Gasteiger partial charge in [-0.05, 0) is 66.5 Å². The Kier molecular flexibility index (Phi) is 3.56. The first-order valence-corrected chi connectivity index (χ1v) is 8.88. The molecular formula is C20H26N2. The molecule has 2 nitrogen and oxygen atoms in total. The Labute approximate surface area is 133 Å². The second-order valence-corrected chi connectivity index (χ2v) is 7.37. The molecule has 1 aromatic heterocycles. The second-order valence-electron chi connectivity index (χ2n) is 7.37. The summed E-state index contributed by atoms with van der Waals surface area (Å²) in [6.07, 6.45) is 15.3. The fraction of sp³-hybridized carbons (Fsp3) is 0.550. The molecule has 0 radical (unpaired) electrons. The summed E-state index contributed by atoms with van der Waals surface area (Å²) in [5.41, 5.74) is 5.51. The van der Waals surface area contributed by atoms with Gasteiger partial charge in [0.15, 0.2) is 0 Å². The van der Waals surface area contributed by atoms with Crippen LogP contribution in [0.15, 0.2) is 36.9 Å². The Morgan fingerprint density at radius 1 is 1.32 bits per heavy atom. The first-order chi connectivity index (χ1) is 10.8. The van der Waals surface area contributed by atoms with Crippen molar-refractivity contribution < 1.29 is 0 Å². The van der Waals surface area contributed by atoms with Gasteiger partial charge in [-0.1, -0.05) is 31.5 Å². The number of hydrogen-bond donors (Lipinski definition) is 0. The molecule has 0 N–H and O–H groups in total. The molecule has 0 fully saturated rings. The number of imidazole rings is 1. The third-order valence-corrected chi connectivity index (χ3v) is 5.81. The molecule has 2 atom stereocenters. The van der Waals surface area contributed by atoms with Crippen LogP contribution in [0.3, 0.4) is 0 Å². The Morgan fingerprint density at radius 3 is 3.05 bits per heavy atom. The van der Waals surface area contributed by atoms with Gasteiger partial charge in [0.25, 0.3) is 0 Å². The van der Waals surface area contributed by atoms with Crippen LogP contribution in [0.5, 0.6) is 0 Å². The molecule has 0 amide bonds. The zero-order valence-electron chi connectivity index (χ0n) is 13.6. The lowest BCUT2D eigenvalue weighted by molar-refractivity contribution is 0.218. The van der Waals surface area contributed by atoms with Crippen LogP contribution in [0.25, 0.3) is 0 Å². The smallest absolute Gasteiger partial charge is 0.0945 e. The van der Waals surface area contributed by atoms with Gasteiger partial charge in [0, 0.05) is 18.9 Å². The first-order valence-electron chi connectivity index (χ1n) is 8.88. The van der Waals surface area contributed by atoms with E-state index in [2.05, 4.69) is 40.9 Å². The highest BCUT2D eigenvalue weighted by atomic mass is 15.0. The van der Waals surface area contributed by atoms with Crippen LogP contribution in [-0.2, 0) is 24.8 Å². The number of aromatic nitrogens is 2. The highest BCUT2D eigenvalue weighted by Gasteiger charge is 2.42. The van der Waals surface area contributed by atoms with E-state index in [9.17, 15) is 0 Å². The predicted molar refractivity (Wildman–Crippen MR) is 90.0 cm³/mol. The van der Waals surface area contributed by atoms with Gasteiger partial charge in [-0.2, -0.15) is 0 Å². The number of aryl methyl sites for hydroxylation is 1. The van der Waals surface area contributed by atoms with E-state index >= 15 is 0 Å². The van der Waals surface area contributed by atoms with Crippen LogP contribution in [0.4, 0.5) is 0 Å². The van der Waals surface area contributed by atoms with Crippen molar-refractivity contribution in [2.75, 3.05) is 0 Å². The lowest BCUT2D eigenvalue weighted by atomic mass is 9.58. The highest BCUT2D eigenvalue weighted by molar-refractivity contribution is 5.45. The molecule has 4 rings (SSSR count). The number of rotatable bonds is 4. The van der Waals surface area contributed by atoms with Crippen LogP contribution in [0.1, 0.15) is 55.7 Å². The molecule has 1 aromatic carbocycles. The molecule has 2 aromatic rings. The predicted octanol–water partition coefficient (Wildman–Crippen LogP) is 4.52. The van der Waals surface area contributed by atoms with Crippen LogP contribution in [0.2, 0.25) is 0 Å². The molecule has 116 valence electrons. The average molecular weight is 294 g/mol. The van der Waals surface area contributed by atoms with Gasteiger partial charge >= 0.3 is 0 Å².